The zero-order valence-corrected chi connectivity index (χ0v) is 14.5. The third kappa shape index (κ3) is 4.24. The second-order valence-corrected chi connectivity index (χ2v) is 5.97. The fraction of sp³-hybridized carbons (Fsp3) is 0.611. The molecule has 1 aliphatic rings. The first kappa shape index (κ1) is 17.8. The third-order valence-corrected chi connectivity index (χ3v) is 4.79. The normalized spacial score (nSPS) is 17.9. The topological polar surface area (TPSA) is 47.0 Å². The molecule has 1 heterocycles. The summed E-state index contributed by atoms with van der Waals surface area (Å²) < 4.78 is 0. The van der Waals surface area contributed by atoms with Crippen LogP contribution in [0.5, 0.6) is 0 Å². The minimum absolute atomic E-state index is 0.542. The standard InChI is InChI=1S/C18H29N3O2/c1-4-19-11-13-21(14-12-19)17(18(22)23)15-7-9-16(10-8-15)20(5-2)6-3/h7-10,17H,4-6,11-14H2,1-3H3,(H,22,23). The second kappa shape index (κ2) is 8.31. The maximum Gasteiger partial charge on any atom is 0.325 e. The van der Waals surface area contributed by atoms with E-state index in [1.165, 1.54) is 0 Å². The molecule has 1 aromatic rings. The number of likely N-dealkylation sites (N-methyl/N-ethyl adjacent to an activating group) is 1. The van der Waals surface area contributed by atoms with Crippen LogP contribution >= 0.6 is 0 Å². The molecule has 1 fully saturated rings. The monoisotopic (exact) mass is 319 g/mol. The van der Waals surface area contributed by atoms with Crippen molar-refractivity contribution in [2.24, 2.45) is 0 Å². The second-order valence-electron chi connectivity index (χ2n) is 5.97. The summed E-state index contributed by atoms with van der Waals surface area (Å²) in [6.45, 7) is 12.9. The van der Waals surface area contributed by atoms with Crippen LogP contribution in [0.4, 0.5) is 5.69 Å². The van der Waals surface area contributed by atoms with E-state index in [0.717, 1.165) is 57.1 Å². The fourth-order valence-electron chi connectivity index (χ4n) is 3.30. The SMILES string of the molecule is CCN1CCN(C(C(=O)O)c2ccc(N(CC)CC)cc2)CC1. The summed E-state index contributed by atoms with van der Waals surface area (Å²) >= 11 is 0. The van der Waals surface area contributed by atoms with E-state index in [1.807, 2.05) is 24.3 Å². The Morgan fingerprint density at radius 2 is 1.65 bits per heavy atom. The van der Waals surface area contributed by atoms with E-state index in [1.54, 1.807) is 0 Å². The Kier molecular flexibility index (Phi) is 6.42. The number of carboxylic acid groups (broad SMARTS) is 1. The summed E-state index contributed by atoms with van der Waals surface area (Å²) in [5.41, 5.74) is 2.03. The number of anilines is 1. The number of hydrogen-bond acceptors (Lipinski definition) is 4. The summed E-state index contributed by atoms with van der Waals surface area (Å²) in [6, 6.07) is 7.48. The first-order valence-corrected chi connectivity index (χ1v) is 8.64. The van der Waals surface area contributed by atoms with Gasteiger partial charge in [-0.3, -0.25) is 9.69 Å². The van der Waals surface area contributed by atoms with Gasteiger partial charge in [-0.15, -0.1) is 0 Å². The summed E-state index contributed by atoms with van der Waals surface area (Å²) in [6.07, 6.45) is 0. The fourth-order valence-corrected chi connectivity index (χ4v) is 3.30. The van der Waals surface area contributed by atoms with Crippen LogP contribution in [0.2, 0.25) is 0 Å². The van der Waals surface area contributed by atoms with Crippen molar-refractivity contribution in [2.75, 3.05) is 50.7 Å². The van der Waals surface area contributed by atoms with Crippen LogP contribution in [-0.2, 0) is 4.79 Å². The number of nitrogens with zero attached hydrogens (tertiary/aromatic N) is 3. The van der Waals surface area contributed by atoms with Crippen LogP contribution in [0.25, 0.3) is 0 Å². The van der Waals surface area contributed by atoms with Gasteiger partial charge in [-0.05, 0) is 38.1 Å². The number of rotatable bonds is 7. The maximum atomic E-state index is 11.8. The van der Waals surface area contributed by atoms with Gasteiger partial charge in [0, 0.05) is 45.0 Å². The van der Waals surface area contributed by atoms with E-state index in [9.17, 15) is 9.90 Å². The lowest BCUT2D eigenvalue weighted by Gasteiger charge is -2.37. The number of benzene rings is 1. The number of aliphatic carboxylic acids is 1. The largest absolute Gasteiger partial charge is 0.480 e. The molecule has 128 valence electrons. The average molecular weight is 319 g/mol. The first-order chi connectivity index (χ1) is 11.1. The van der Waals surface area contributed by atoms with Crippen LogP contribution in [0, 0.1) is 0 Å². The predicted molar refractivity (Wildman–Crippen MR) is 94.1 cm³/mol. The molecule has 0 radical (unpaired) electrons. The molecule has 1 N–H and O–H groups in total. The lowest BCUT2D eigenvalue weighted by molar-refractivity contribution is -0.144. The first-order valence-electron chi connectivity index (χ1n) is 8.64. The van der Waals surface area contributed by atoms with Crippen LogP contribution in [0.1, 0.15) is 32.4 Å². The quantitative estimate of drug-likeness (QED) is 0.835. The Balaban J connectivity index is 2.13. The van der Waals surface area contributed by atoms with Crippen molar-refractivity contribution in [3.05, 3.63) is 29.8 Å². The van der Waals surface area contributed by atoms with Gasteiger partial charge in [-0.25, -0.2) is 0 Å². The molecule has 5 heteroatoms. The zero-order chi connectivity index (χ0) is 16.8. The molecule has 1 atom stereocenters. The molecule has 0 bridgehead atoms. The number of carbonyl (C=O) groups is 1. The van der Waals surface area contributed by atoms with Crippen LogP contribution in [0.15, 0.2) is 24.3 Å². The van der Waals surface area contributed by atoms with E-state index in [0.29, 0.717) is 0 Å². The molecule has 23 heavy (non-hydrogen) atoms. The van der Waals surface area contributed by atoms with E-state index < -0.39 is 12.0 Å². The van der Waals surface area contributed by atoms with Crippen LogP contribution in [0.3, 0.4) is 0 Å². The summed E-state index contributed by atoms with van der Waals surface area (Å²) in [5.74, 6) is -0.759. The summed E-state index contributed by atoms with van der Waals surface area (Å²) in [4.78, 5) is 18.5. The van der Waals surface area contributed by atoms with E-state index in [2.05, 4.69) is 35.5 Å². The smallest absolute Gasteiger partial charge is 0.325 e. The number of carboxylic acids is 1. The average Bonchev–Trinajstić information content (AvgIpc) is 2.58. The van der Waals surface area contributed by atoms with Gasteiger partial charge in [0.05, 0.1) is 0 Å². The lowest BCUT2D eigenvalue weighted by Crippen LogP contribution is -2.49. The predicted octanol–water partition coefficient (Wildman–Crippen LogP) is 2.30. The molecule has 5 nitrogen and oxygen atoms in total. The van der Waals surface area contributed by atoms with Crippen molar-refractivity contribution in [1.29, 1.82) is 0 Å². The van der Waals surface area contributed by atoms with Gasteiger partial charge in [0.15, 0.2) is 0 Å². The van der Waals surface area contributed by atoms with Gasteiger partial charge in [0.25, 0.3) is 0 Å². The number of piperazine rings is 1. The Morgan fingerprint density at radius 1 is 1.09 bits per heavy atom. The van der Waals surface area contributed by atoms with Gasteiger partial charge < -0.3 is 14.9 Å². The van der Waals surface area contributed by atoms with Gasteiger partial charge in [-0.2, -0.15) is 0 Å². The molecule has 0 saturated carbocycles. The van der Waals surface area contributed by atoms with Gasteiger partial charge in [0.1, 0.15) is 6.04 Å². The Labute approximate surface area is 139 Å². The molecule has 0 aromatic heterocycles. The molecule has 2 rings (SSSR count). The molecule has 0 spiro atoms. The highest BCUT2D eigenvalue weighted by Crippen LogP contribution is 2.25. The lowest BCUT2D eigenvalue weighted by atomic mass is 10.0. The minimum Gasteiger partial charge on any atom is -0.480 e. The minimum atomic E-state index is -0.759. The van der Waals surface area contributed by atoms with Crippen molar-refractivity contribution in [3.63, 3.8) is 0 Å². The molecule has 0 aliphatic carbocycles. The van der Waals surface area contributed by atoms with Crippen molar-refractivity contribution in [2.45, 2.75) is 26.8 Å². The highest BCUT2D eigenvalue weighted by Gasteiger charge is 2.29. The Bertz CT molecular complexity index is 491. The third-order valence-electron chi connectivity index (χ3n) is 4.79. The Morgan fingerprint density at radius 3 is 2.09 bits per heavy atom. The molecular weight excluding hydrogens is 290 g/mol. The molecule has 1 aliphatic heterocycles. The van der Waals surface area contributed by atoms with E-state index in [4.69, 9.17) is 0 Å². The van der Waals surface area contributed by atoms with Gasteiger partial charge in [0.2, 0.25) is 0 Å². The van der Waals surface area contributed by atoms with Crippen molar-refractivity contribution < 1.29 is 9.90 Å². The van der Waals surface area contributed by atoms with Crippen molar-refractivity contribution in [1.82, 2.24) is 9.80 Å². The van der Waals surface area contributed by atoms with Crippen molar-refractivity contribution in [3.8, 4) is 0 Å². The van der Waals surface area contributed by atoms with Crippen LogP contribution in [-0.4, -0.2) is 66.7 Å². The number of hydrogen-bond donors (Lipinski definition) is 1. The van der Waals surface area contributed by atoms with E-state index in [-0.39, 0.29) is 0 Å². The van der Waals surface area contributed by atoms with Gasteiger partial charge in [-0.1, -0.05) is 19.1 Å². The zero-order valence-electron chi connectivity index (χ0n) is 14.5. The van der Waals surface area contributed by atoms with Crippen molar-refractivity contribution >= 4 is 11.7 Å². The summed E-state index contributed by atoms with van der Waals surface area (Å²) in [7, 11) is 0. The molecular formula is C18H29N3O2. The molecule has 1 saturated heterocycles. The van der Waals surface area contributed by atoms with E-state index >= 15 is 0 Å². The molecule has 1 unspecified atom stereocenters. The molecule has 0 amide bonds. The highest BCUT2D eigenvalue weighted by atomic mass is 16.4. The Hall–Kier alpha value is -1.59. The highest BCUT2D eigenvalue weighted by molar-refractivity contribution is 5.76. The summed E-state index contributed by atoms with van der Waals surface area (Å²) in [5, 5.41) is 9.71. The maximum absolute atomic E-state index is 11.8. The van der Waals surface area contributed by atoms with Gasteiger partial charge >= 0.3 is 5.97 Å². The van der Waals surface area contributed by atoms with Crippen LogP contribution < -0.4 is 4.90 Å². The molecule has 1 aromatic carbocycles.